The van der Waals surface area contributed by atoms with Crippen LogP contribution in [0.5, 0.6) is 0 Å². The largest absolute Gasteiger partial charge is 0.417 e. The summed E-state index contributed by atoms with van der Waals surface area (Å²) < 4.78 is 17.0. The number of pyridine rings is 1. The molecule has 1 unspecified atom stereocenters. The third kappa shape index (κ3) is 2.30. The molecule has 0 aromatic carbocycles. The molecule has 3 heterocycles. The molecule has 6 nitrogen and oxygen atoms in total. The van der Waals surface area contributed by atoms with Crippen molar-refractivity contribution >= 4 is 11.6 Å². The van der Waals surface area contributed by atoms with Crippen LogP contribution in [0.15, 0.2) is 22.9 Å². The Morgan fingerprint density at radius 2 is 2.35 bits per heavy atom. The van der Waals surface area contributed by atoms with Gasteiger partial charge in [-0.15, -0.1) is 10.2 Å². The molecule has 0 bridgehead atoms. The van der Waals surface area contributed by atoms with Crippen molar-refractivity contribution in [1.29, 1.82) is 0 Å². The van der Waals surface area contributed by atoms with Gasteiger partial charge in [0.2, 0.25) is 5.89 Å². The van der Waals surface area contributed by atoms with E-state index in [1.807, 2.05) is 6.92 Å². The standard InChI is InChI=1S/C13H14ClN3O3/c1-2-19-13(4-6-18-8-13)12-17-16-11(20-12)9-3-5-15-7-10(9)14/h3,5,7H,2,4,6,8H2,1H3. The van der Waals surface area contributed by atoms with Crippen molar-refractivity contribution < 1.29 is 13.9 Å². The molecular weight excluding hydrogens is 282 g/mol. The van der Waals surface area contributed by atoms with E-state index in [0.717, 1.165) is 0 Å². The van der Waals surface area contributed by atoms with E-state index in [4.69, 9.17) is 25.5 Å². The highest BCUT2D eigenvalue weighted by atomic mass is 35.5. The fraction of sp³-hybridized carbons (Fsp3) is 0.462. The quantitative estimate of drug-likeness (QED) is 0.863. The Hall–Kier alpha value is -1.50. The second-order valence-corrected chi connectivity index (χ2v) is 4.90. The number of rotatable bonds is 4. The van der Waals surface area contributed by atoms with Crippen LogP contribution in [0.1, 0.15) is 19.2 Å². The number of hydrogen-bond acceptors (Lipinski definition) is 6. The molecule has 20 heavy (non-hydrogen) atoms. The van der Waals surface area contributed by atoms with Crippen LogP contribution in [0.3, 0.4) is 0 Å². The van der Waals surface area contributed by atoms with E-state index in [1.54, 1.807) is 12.3 Å². The van der Waals surface area contributed by atoms with E-state index in [-0.39, 0.29) is 0 Å². The zero-order chi connectivity index (χ0) is 14.0. The summed E-state index contributed by atoms with van der Waals surface area (Å²) in [6.07, 6.45) is 3.87. The lowest BCUT2D eigenvalue weighted by Gasteiger charge is -2.22. The monoisotopic (exact) mass is 295 g/mol. The van der Waals surface area contributed by atoms with Gasteiger partial charge in [-0.25, -0.2) is 0 Å². The van der Waals surface area contributed by atoms with Crippen molar-refractivity contribution in [3.05, 3.63) is 29.4 Å². The average Bonchev–Trinajstić information content (AvgIpc) is 3.09. The third-order valence-corrected chi connectivity index (χ3v) is 3.52. The van der Waals surface area contributed by atoms with E-state index >= 15 is 0 Å². The van der Waals surface area contributed by atoms with Crippen molar-refractivity contribution in [1.82, 2.24) is 15.2 Å². The molecular formula is C13H14ClN3O3. The van der Waals surface area contributed by atoms with E-state index in [2.05, 4.69) is 15.2 Å². The second-order valence-electron chi connectivity index (χ2n) is 4.50. The number of aromatic nitrogens is 3. The van der Waals surface area contributed by atoms with Crippen LogP contribution < -0.4 is 0 Å². The minimum absolute atomic E-state index is 0.360. The molecule has 1 saturated heterocycles. The molecule has 106 valence electrons. The minimum Gasteiger partial charge on any atom is -0.417 e. The van der Waals surface area contributed by atoms with Gasteiger partial charge in [-0.1, -0.05) is 11.6 Å². The number of ether oxygens (including phenoxy) is 2. The highest BCUT2D eigenvalue weighted by Crippen LogP contribution is 2.35. The van der Waals surface area contributed by atoms with Crippen molar-refractivity contribution in [2.45, 2.75) is 18.9 Å². The highest BCUT2D eigenvalue weighted by Gasteiger charge is 2.43. The van der Waals surface area contributed by atoms with Crippen molar-refractivity contribution in [3.8, 4) is 11.5 Å². The lowest BCUT2D eigenvalue weighted by molar-refractivity contribution is -0.0657. The van der Waals surface area contributed by atoms with Gasteiger partial charge in [-0.3, -0.25) is 4.98 Å². The first-order valence-electron chi connectivity index (χ1n) is 6.41. The molecule has 1 atom stereocenters. The Morgan fingerprint density at radius 3 is 3.05 bits per heavy atom. The molecule has 1 aliphatic rings. The molecule has 0 saturated carbocycles. The first-order valence-corrected chi connectivity index (χ1v) is 6.78. The fourth-order valence-electron chi connectivity index (χ4n) is 2.23. The van der Waals surface area contributed by atoms with Gasteiger partial charge in [-0.05, 0) is 13.0 Å². The summed E-state index contributed by atoms with van der Waals surface area (Å²) in [4.78, 5) is 3.93. The Kier molecular flexibility index (Phi) is 3.69. The summed E-state index contributed by atoms with van der Waals surface area (Å²) in [7, 11) is 0. The van der Waals surface area contributed by atoms with E-state index in [1.165, 1.54) is 6.20 Å². The molecule has 2 aromatic heterocycles. The Balaban J connectivity index is 1.95. The predicted molar refractivity (Wildman–Crippen MR) is 71.3 cm³/mol. The van der Waals surface area contributed by atoms with Crippen LogP contribution in [0.25, 0.3) is 11.5 Å². The Bertz CT molecular complexity index is 596. The number of halogens is 1. The van der Waals surface area contributed by atoms with E-state index in [9.17, 15) is 0 Å². The molecule has 0 N–H and O–H groups in total. The normalized spacial score (nSPS) is 22.3. The number of hydrogen-bond donors (Lipinski definition) is 0. The van der Waals surface area contributed by atoms with Crippen LogP contribution in [0, 0.1) is 0 Å². The summed E-state index contributed by atoms with van der Waals surface area (Å²) >= 11 is 6.08. The molecule has 0 amide bonds. The lowest BCUT2D eigenvalue weighted by atomic mass is 10.0. The molecule has 1 aliphatic heterocycles. The first kappa shape index (κ1) is 13.5. The van der Waals surface area contributed by atoms with Crippen LogP contribution in [-0.4, -0.2) is 35.0 Å². The van der Waals surface area contributed by atoms with Crippen molar-refractivity contribution in [2.24, 2.45) is 0 Å². The molecule has 0 aliphatic carbocycles. The third-order valence-electron chi connectivity index (χ3n) is 3.22. The van der Waals surface area contributed by atoms with E-state index < -0.39 is 5.60 Å². The molecule has 0 spiro atoms. The van der Waals surface area contributed by atoms with E-state index in [0.29, 0.717) is 48.6 Å². The van der Waals surface area contributed by atoms with Gasteiger partial charge in [0.05, 0.1) is 23.8 Å². The van der Waals surface area contributed by atoms with Crippen LogP contribution in [0.4, 0.5) is 0 Å². The van der Waals surface area contributed by atoms with Crippen LogP contribution >= 0.6 is 11.6 Å². The summed E-state index contributed by atoms with van der Waals surface area (Å²) in [5.41, 5.74) is 0.0189. The lowest BCUT2D eigenvalue weighted by Crippen LogP contribution is -2.30. The van der Waals surface area contributed by atoms with Gasteiger partial charge in [0.15, 0.2) is 5.60 Å². The molecule has 2 aromatic rings. The minimum atomic E-state index is -0.639. The Labute approximate surface area is 121 Å². The molecule has 1 fully saturated rings. The fourth-order valence-corrected chi connectivity index (χ4v) is 2.43. The zero-order valence-electron chi connectivity index (χ0n) is 11.0. The van der Waals surface area contributed by atoms with Gasteiger partial charge in [0.1, 0.15) is 0 Å². The zero-order valence-corrected chi connectivity index (χ0v) is 11.8. The second kappa shape index (κ2) is 5.47. The summed E-state index contributed by atoms with van der Waals surface area (Å²) in [5, 5.41) is 8.63. The predicted octanol–water partition coefficient (Wildman–Crippen LogP) is 2.44. The Morgan fingerprint density at radius 1 is 1.45 bits per heavy atom. The smallest absolute Gasteiger partial charge is 0.251 e. The summed E-state index contributed by atoms with van der Waals surface area (Å²) in [5.74, 6) is 0.790. The maximum atomic E-state index is 6.08. The van der Waals surface area contributed by atoms with Crippen molar-refractivity contribution in [3.63, 3.8) is 0 Å². The number of nitrogens with zero attached hydrogens (tertiary/aromatic N) is 3. The molecule has 7 heteroatoms. The van der Waals surface area contributed by atoms with Gasteiger partial charge in [-0.2, -0.15) is 0 Å². The van der Waals surface area contributed by atoms with Gasteiger partial charge in [0, 0.05) is 25.4 Å². The highest BCUT2D eigenvalue weighted by molar-refractivity contribution is 6.32. The topological polar surface area (TPSA) is 70.3 Å². The summed E-state index contributed by atoms with van der Waals surface area (Å²) in [6.45, 7) is 3.52. The van der Waals surface area contributed by atoms with Crippen molar-refractivity contribution in [2.75, 3.05) is 19.8 Å². The maximum absolute atomic E-state index is 6.08. The van der Waals surface area contributed by atoms with Gasteiger partial charge in [0.25, 0.3) is 5.89 Å². The summed E-state index contributed by atoms with van der Waals surface area (Å²) in [6, 6.07) is 1.73. The van der Waals surface area contributed by atoms with Crippen LogP contribution in [0.2, 0.25) is 5.02 Å². The average molecular weight is 296 g/mol. The molecule has 0 radical (unpaired) electrons. The maximum Gasteiger partial charge on any atom is 0.251 e. The SMILES string of the molecule is CCOC1(c2nnc(-c3ccncc3Cl)o2)CCOC1. The van der Waals surface area contributed by atoms with Gasteiger partial charge < -0.3 is 13.9 Å². The van der Waals surface area contributed by atoms with Crippen LogP contribution in [-0.2, 0) is 15.1 Å². The molecule has 3 rings (SSSR count). The first-order chi connectivity index (χ1) is 9.75. The van der Waals surface area contributed by atoms with Gasteiger partial charge >= 0.3 is 0 Å².